The van der Waals surface area contributed by atoms with Gasteiger partial charge in [-0.3, -0.25) is 0 Å². The van der Waals surface area contributed by atoms with E-state index in [2.05, 4.69) is 6.58 Å². The summed E-state index contributed by atoms with van der Waals surface area (Å²) in [6.07, 6.45) is 3.46. The van der Waals surface area contributed by atoms with Crippen molar-refractivity contribution in [1.29, 1.82) is 0 Å². The first-order chi connectivity index (χ1) is 6.22. The van der Waals surface area contributed by atoms with Crippen molar-refractivity contribution < 1.29 is 26.5 Å². The standard InChI is InChI=1S/C12H14O.Ti/c1-4-10(2)9-13-12-7-5-6-11(3)8-12;/h4-9H,1H2,2-3H3;. The summed E-state index contributed by atoms with van der Waals surface area (Å²) in [6.45, 7) is 7.63. The summed E-state index contributed by atoms with van der Waals surface area (Å²) < 4.78 is 5.41. The predicted octanol–water partition coefficient (Wildman–Crippen LogP) is 3.46. The molecule has 0 radical (unpaired) electrons. The van der Waals surface area contributed by atoms with Crippen LogP contribution in [0.2, 0.25) is 0 Å². The summed E-state index contributed by atoms with van der Waals surface area (Å²) >= 11 is 0. The second kappa shape index (κ2) is 6.64. The van der Waals surface area contributed by atoms with E-state index in [-0.39, 0.29) is 21.7 Å². The Kier molecular flexibility index (Phi) is 6.26. The van der Waals surface area contributed by atoms with Crippen LogP contribution in [0.1, 0.15) is 12.5 Å². The average molecular weight is 222 g/mol. The molecule has 0 bridgehead atoms. The molecule has 1 aromatic rings. The van der Waals surface area contributed by atoms with Crippen LogP contribution in [-0.2, 0) is 21.7 Å². The molecule has 0 amide bonds. The van der Waals surface area contributed by atoms with Crippen LogP contribution in [0.3, 0.4) is 0 Å². The SMILES string of the molecule is C=CC(C)=COc1cccc(C)c1.[Ti]. The van der Waals surface area contributed by atoms with Gasteiger partial charge in [-0.05, 0) is 37.1 Å². The van der Waals surface area contributed by atoms with E-state index in [9.17, 15) is 0 Å². The zero-order valence-corrected chi connectivity index (χ0v) is 10.1. The van der Waals surface area contributed by atoms with E-state index in [1.807, 2.05) is 38.1 Å². The number of hydrogen-bond donors (Lipinski definition) is 0. The van der Waals surface area contributed by atoms with Gasteiger partial charge in [-0.2, -0.15) is 0 Å². The summed E-state index contributed by atoms with van der Waals surface area (Å²) in [4.78, 5) is 0. The minimum atomic E-state index is 0. The smallest absolute Gasteiger partial charge is 0.126 e. The molecule has 0 fully saturated rings. The first-order valence-electron chi connectivity index (χ1n) is 4.25. The number of ether oxygens (including phenoxy) is 1. The summed E-state index contributed by atoms with van der Waals surface area (Å²) in [7, 11) is 0. The van der Waals surface area contributed by atoms with Gasteiger partial charge in [0.2, 0.25) is 0 Å². The molecule has 0 unspecified atom stereocenters. The van der Waals surface area contributed by atoms with E-state index in [4.69, 9.17) is 4.74 Å². The molecule has 0 aliphatic heterocycles. The van der Waals surface area contributed by atoms with E-state index >= 15 is 0 Å². The molecule has 14 heavy (non-hydrogen) atoms. The molecule has 2 heteroatoms. The van der Waals surface area contributed by atoms with Crippen LogP contribution in [0.4, 0.5) is 0 Å². The summed E-state index contributed by atoms with van der Waals surface area (Å²) in [6, 6.07) is 7.94. The summed E-state index contributed by atoms with van der Waals surface area (Å²) in [5, 5.41) is 0. The van der Waals surface area contributed by atoms with E-state index < -0.39 is 0 Å². The molecular weight excluding hydrogens is 208 g/mol. The van der Waals surface area contributed by atoms with Crippen LogP contribution in [0.15, 0.2) is 48.8 Å². The third-order valence-corrected chi connectivity index (χ3v) is 1.69. The average Bonchev–Trinajstić information content (AvgIpc) is 2.14. The molecule has 0 saturated heterocycles. The fraction of sp³-hybridized carbons (Fsp3) is 0.167. The fourth-order valence-corrected chi connectivity index (χ4v) is 0.898. The van der Waals surface area contributed by atoms with Crippen molar-refractivity contribution in [1.82, 2.24) is 0 Å². The Bertz CT molecular complexity index is 329. The first kappa shape index (κ1) is 13.2. The van der Waals surface area contributed by atoms with Crippen LogP contribution < -0.4 is 4.74 Å². The van der Waals surface area contributed by atoms with Crippen molar-refractivity contribution in [3.05, 3.63) is 54.3 Å². The molecule has 0 spiro atoms. The molecule has 0 aromatic heterocycles. The molecule has 72 valence electrons. The minimum absolute atomic E-state index is 0. The van der Waals surface area contributed by atoms with Gasteiger partial charge >= 0.3 is 0 Å². The van der Waals surface area contributed by atoms with Gasteiger partial charge in [0.05, 0.1) is 6.26 Å². The Hall–Kier alpha value is -0.786. The van der Waals surface area contributed by atoms with Gasteiger partial charge in [0.1, 0.15) is 5.75 Å². The van der Waals surface area contributed by atoms with Gasteiger partial charge in [0.25, 0.3) is 0 Å². The maximum absolute atomic E-state index is 5.41. The van der Waals surface area contributed by atoms with Gasteiger partial charge in [0, 0.05) is 21.7 Å². The van der Waals surface area contributed by atoms with Gasteiger partial charge in [0.15, 0.2) is 0 Å². The Morgan fingerprint density at radius 2 is 2.14 bits per heavy atom. The van der Waals surface area contributed by atoms with E-state index in [0.29, 0.717) is 0 Å². The Morgan fingerprint density at radius 1 is 1.43 bits per heavy atom. The van der Waals surface area contributed by atoms with Crippen LogP contribution in [0, 0.1) is 6.92 Å². The normalized spacial score (nSPS) is 10.3. The van der Waals surface area contributed by atoms with Gasteiger partial charge in [-0.15, -0.1) is 0 Å². The monoisotopic (exact) mass is 222 g/mol. The molecule has 0 saturated carbocycles. The number of hydrogen-bond acceptors (Lipinski definition) is 1. The third kappa shape index (κ3) is 4.45. The van der Waals surface area contributed by atoms with E-state index in [1.54, 1.807) is 12.3 Å². The van der Waals surface area contributed by atoms with Gasteiger partial charge < -0.3 is 4.74 Å². The topological polar surface area (TPSA) is 9.23 Å². The fourth-order valence-electron chi connectivity index (χ4n) is 0.898. The zero-order valence-electron chi connectivity index (χ0n) is 8.58. The van der Waals surface area contributed by atoms with Crippen molar-refractivity contribution >= 4 is 0 Å². The molecule has 1 rings (SSSR count). The predicted molar refractivity (Wildman–Crippen MR) is 55.8 cm³/mol. The molecule has 0 atom stereocenters. The van der Waals surface area contributed by atoms with Crippen molar-refractivity contribution in [2.75, 3.05) is 0 Å². The Balaban J connectivity index is 0.00000169. The second-order valence-corrected chi connectivity index (χ2v) is 3.00. The molecule has 1 aromatic carbocycles. The van der Waals surface area contributed by atoms with E-state index in [1.165, 1.54) is 5.56 Å². The van der Waals surface area contributed by atoms with Crippen LogP contribution in [0.5, 0.6) is 5.75 Å². The van der Waals surface area contributed by atoms with Gasteiger partial charge in [-0.1, -0.05) is 24.8 Å². The molecule has 1 nitrogen and oxygen atoms in total. The Morgan fingerprint density at radius 3 is 2.71 bits per heavy atom. The number of aryl methyl sites for hydroxylation is 1. The van der Waals surface area contributed by atoms with Crippen molar-refractivity contribution in [2.45, 2.75) is 13.8 Å². The number of benzene rings is 1. The van der Waals surface area contributed by atoms with Crippen LogP contribution in [0.25, 0.3) is 0 Å². The third-order valence-electron chi connectivity index (χ3n) is 1.69. The van der Waals surface area contributed by atoms with Crippen molar-refractivity contribution in [3.8, 4) is 5.75 Å². The molecule has 0 aliphatic carbocycles. The summed E-state index contributed by atoms with van der Waals surface area (Å²) in [5.41, 5.74) is 2.21. The number of rotatable bonds is 3. The van der Waals surface area contributed by atoms with Crippen molar-refractivity contribution in [2.24, 2.45) is 0 Å². The van der Waals surface area contributed by atoms with Crippen LogP contribution in [-0.4, -0.2) is 0 Å². The van der Waals surface area contributed by atoms with Gasteiger partial charge in [-0.25, -0.2) is 0 Å². The van der Waals surface area contributed by atoms with Crippen LogP contribution >= 0.6 is 0 Å². The Labute approximate surface area is 100 Å². The first-order valence-corrected chi connectivity index (χ1v) is 4.25. The number of allylic oxidation sites excluding steroid dienone is 2. The second-order valence-electron chi connectivity index (χ2n) is 3.00. The van der Waals surface area contributed by atoms with Crippen molar-refractivity contribution in [3.63, 3.8) is 0 Å². The largest absolute Gasteiger partial charge is 0.465 e. The molecular formula is C12H14OTi. The molecule has 0 N–H and O–H groups in total. The quantitative estimate of drug-likeness (QED) is 0.432. The maximum Gasteiger partial charge on any atom is 0.126 e. The summed E-state index contributed by atoms with van der Waals surface area (Å²) in [5.74, 6) is 0.862. The van der Waals surface area contributed by atoms with E-state index in [0.717, 1.165) is 11.3 Å². The zero-order chi connectivity index (χ0) is 9.68. The molecule has 0 heterocycles. The maximum atomic E-state index is 5.41. The minimum Gasteiger partial charge on any atom is -0.465 e. The molecule has 0 aliphatic rings.